The lowest BCUT2D eigenvalue weighted by Crippen LogP contribution is -2.34. The first-order chi connectivity index (χ1) is 18.4. The third-order valence-corrected chi connectivity index (χ3v) is 7.29. The van der Waals surface area contributed by atoms with Crippen molar-refractivity contribution in [2.45, 2.75) is 115 Å². The van der Waals surface area contributed by atoms with E-state index in [1.165, 1.54) is 82.4 Å². The zero-order valence-corrected chi connectivity index (χ0v) is 22.7. The van der Waals surface area contributed by atoms with E-state index in [9.17, 15) is 25.2 Å². The highest BCUT2D eigenvalue weighted by Crippen LogP contribution is 2.46. The fraction of sp³-hybridized carbons (Fsp3) is 0.581. The maximum absolute atomic E-state index is 12.7. The Morgan fingerprint density at radius 2 is 1.37 bits per heavy atom. The van der Waals surface area contributed by atoms with E-state index in [0.29, 0.717) is 17.5 Å². The van der Waals surface area contributed by atoms with E-state index >= 15 is 0 Å². The number of carbonyl (C=O) groups is 1. The van der Waals surface area contributed by atoms with Gasteiger partial charge in [0.25, 0.3) is 0 Å². The molecule has 1 aliphatic heterocycles. The van der Waals surface area contributed by atoms with Crippen LogP contribution in [0.5, 0.6) is 28.7 Å². The summed E-state index contributed by atoms with van der Waals surface area (Å²) in [6, 6.07) is 7.24. The average Bonchev–Trinajstić information content (AvgIpc) is 2.90. The van der Waals surface area contributed by atoms with E-state index in [1.54, 1.807) is 12.1 Å². The first-order valence-electron chi connectivity index (χ1n) is 14.3. The van der Waals surface area contributed by atoms with E-state index in [-0.39, 0.29) is 41.1 Å². The van der Waals surface area contributed by atoms with Crippen molar-refractivity contribution in [1.82, 2.24) is 0 Å². The van der Waals surface area contributed by atoms with Crippen molar-refractivity contribution in [3.8, 4) is 28.7 Å². The molecule has 38 heavy (non-hydrogen) atoms. The second-order valence-corrected chi connectivity index (χ2v) is 10.4. The fourth-order valence-corrected chi connectivity index (χ4v) is 5.04. The van der Waals surface area contributed by atoms with Crippen LogP contribution in [0.1, 0.15) is 114 Å². The van der Waals surface area contributed by atoms with Gasteiger partial charge in [0.2, 0.25) is 5.75 Å². The van der Waals surface area contributed by atoms with Crippen molar-refractivity contribution < 1.29 is 34.7 Å². The van der Waals surface area contributed by atoms with Gasteiger partial charge in [-0.2, -0.15) is 0 Å². The van der Waals surface area contributed by atoms with Crippen LogP contribution in [0.25, 0.3) is 0 Å². The molecule has 0 aromatic heterocycles. The second kappa shape index (κ2) is 15.4. The van der Waals surface area contributed by atoms with Gasteiger partial charge in [-0.15, -0.1) is 0 Å². The number of benzene rings is 2. The fourth-order valence-electron chi connectivity index (χ4n) is 5.04. The monoisotopic (exact) mass is 528 g/mol. The van der Waals surface area contributed by atoms with Crippen LogP contribution in [0.2, 0.25) is 0 Å². The highest BCUT2D eigenvalue weighted by Gasteiger charge is 2.36. The number of fused-ring (bicyclic) bond motifs is 1. The molecule has 2 aromatic carbocycles. The Kier molecular flexibility index (Phi) is 11.9. The van der Waals surface area contributed by atoms with E-state index in [2.05, 4.69) is 6.92 Å². The molecule has 0 fully saturated rings. The Hall–Kier alpha value is -3.09. The highest BCUT2D eigenvalue weighted by molar-refractivity contribution is 5.70. The zero-order valence-electron chi connectivity index (χ0n) is 22.7. The molecule has 0 spiro atoms. The molecule has 2 atom stereocenters. The Balaban J connectivity index is 1.43. The summed E-state index contributed by atoms with van der Waals surface area (Å²) in [5, 5.41) is 39.8. The molecule has 1 heterocycles. The minimum atomic E-state index is -0.822. The lowest BCUT2D eigenvalue weighted by atomic mass is 9.93. The lowest BCUT2D eigenvalue weighted by molar-refractivity contribution is -0.155. The number of ether oxygens (including phenoxy) is 2. The number of hydrogen-bond acceptors (Lipinski definition) is 7. The van der Waals surface area contributed by atoms with Crippen LogP contribution < -0.4 is 4.74 Å². The Morgan fingerprint density at radius 3 is 1.97 bits per heavy atom. The minimum absolute atomic E-state index is 0.117. The number of carbonyl (C=O) groups excluding carboxylic acids is 1. The van der Waals surface area contributed by atoms with Crippen LogP contribution in [0.15, 0.2) is 30.3 Å². The zero-order chi connectivity index (χ0) is 27.3. The minimum Gasteiger partial charge on any atom is -0.504 e. The molecule has 7 heteroatoms. The van der Waals surface area contributed by atoms with E-state index in [4.69, 9.17) is 9.47 Å². The topological polar surface area (TPSA) is 116 Å². The van der Waals surface area contributed by atoms with Crippen molar-refractivity contribution in [3.63, 3.8) is 0 Å². The second-order valence-electron chi connectivity index (χ2n) is 10.4. The highest BCUT2D eigenvalue weighted by atomic mass is 16.6. The molecule has 1 aliphatic rings. The quantitative estimate of drug-likeness (QED) is 0.101. The summed E-state index contributed by atoms with van der Waals surface area (Å²) in [6.45, 7) is 2.25. The van der Waals surface area contributed by atoms with Gasteiger partial charge in [-0.3, -0.25) is 4.79 Å². The van der Waals surface area contributed by atoms with Gasteiger partial charge in [0.05, 0.1) is 0 Å². The van der Waals surface area contributed by atoms with Crippen LogP contribution in [-0.4, -0.2) is 32.5 Å². The predicted molar refractivity (Wildman–Crippen MR) is 147 cm³/mol. The number of rotatable bonds is 16. The summed E-state index contributed by atoms with van der Waals surface area (Å²) in [5.41, 5.74) is 1.09. The third kappa shape index (κ3) is 8.74. The molecule has 210 valence electrons. The molecule has 2 aromatic rings. The summed E-state index contributed by atoms with van der Waals surface area (Å²) in [7, 11) is 0. The molecule has 0 radical (unpaired) electrons. The normalized spacial score (nSPS) is 16.6. The van der Waals surface area contributed by atoms with Gasteiger partial charge in [0, 0.05) is 24.0 Å². The first-order valence-corrected chi connectivity index (χ1v) is 14.3. The predicted octanol–water partition coefficient (Wildman–Crippen LogP) is 7.58. The summed E-state index contributed by atoms with van der Waals surface area (Å²) < 4.78 is 11.8. The molecule has 0 amide bonds. The smallest absolute Gasteiger partial charge is 0.306 e. The molecule has 0 aliphatic carbocycles. The van der Waals surface area contributed by atoms with E-state index in [0.717, 1.165) is 19.3 Å². The van der Waals surface area contributed by atoms with Crippen molar-refractivity contribution in [3.05, 3.63) is 41.5 Å². The molecule has 3 rings (SSSR count). The Morgan fingerprint density at radius 1 is 0.789 bits per heavy atom. The van der Waals surface area contributed by atoms with E-state index < -0.39 is 12.2 Å². The summed E-state index contributed by atoms with van der Waals surface area (Å²) in [4.78, 5) is 12.7. The Bertz CT molecular complexity index is 1020. The number of unbranched alkanes of at least 4 members (excludes halogenated alkanes) is 12. The van der Waals surface area contributed by atoms with Gasteiger partial charge in [-0.1, -0.05) is 96.1 Å². The van der Waals surface area contributed by atoms with Crippen LogP contribution in [0.3, 0.4) is 0 Å². The Labute approximate surface area is 226 Å². The number of hydrogen-bond donors (Lipinski definition) is 4. The summed E-state index contributed by atoms with van der Waals surface area (Å²) in [6.07, 6.45) is 15.1. The van der Waals surface area contributed by atoms with Crippen LogP contribution in [0.4, 0.5) is 0 Å². The number of phenolic OH excluding ortho intramolecular Hbond substituents is 4. The molecule has 0 bridgehead atoms. The molecule has 0 saturated heterocycles. The van der Waals surface area contributed by atoms with Crippen LogP contribution >= 0.6 is 0 Å². The molecule has 7 nitrogen and oxygen atoms in total. The summed E-state index contributed by atoms with van der Waals surface area (Å²) in [5.74, 6) is -1.50. The largest absolute Gasteiger partial charge is 0.504 e. The van der Waals surface area contributed by atoms with Crippen molar-refractivity contribution in [2.24, 2.45) is 0 Å². The van der Waals surface area contributed by atoms with Gasteiger partial charge in [-0.05, 0) is 24.6 Å². The van der Waals surface area contributed by atoms with Crippen molar-refractivity contribution >= 4 is 5.97 Å². The van der Waals surface area contributed by atoms with Gasteiger partial charge in [0.15, 0.2) is 29.1 Å². The number of aromatic hydroxyl groups is 4. The molecule has 4 N–H and O–H groups in total. The lowest BCUT2D eigenvalue weighted by Gasteiger charge is -2.34. The average molecular weight is 529 g/mol. The molecule has 0 unspecified atom stereocenters. The molecular weight excluding hydrogens is 484 g/mol. The number of phenols is 4. The third-order valence-electron chi connectivity index (χ3n) is 7.29. The SMILES string of the molecule is CCCCCCCCCCCCCCCC(=O)O[C@@H]1Cc2ccc(O)c(O)c2O[C@H]1c1ccc(O)c(O)c1. The van der Waals surface area contributed by atoms with Gasteiger partial charge >= 0.3 is 5.97 Å². The standard InChI is InChI=1S/C31H44O7/c1-2-3-4-5-6-7-8-9-10-11-12-13-14-15-28(35)37-27-21-23-17-19-25(33)29(36)31(23)38-30(27)22-16-18-24(32)26(34)20-22/h16-20,27,30,32-34,36H,2-15,21H2,1H3/t27-,30+/m1/s1. The summed E-state index contributed by atoms with van der Waals surface area (Å²) >= 11 is 0. The van der Waals surface area contributed by atoms with Gasteiger partial charge in [-0.25, -0.2) is 0 Å². The molecule has 0 saturated carbocycles. The maximum atomic E-state index is 12.7. The van der Waals surface area contributed by atoms with Crippen LogP contribution in [0, 0.1) is 0 Å². The molecular formula is C31H44O7. The maximum Gasteiger partial charge on any atom is 0.306 e. The number of esters is 1. The van der Waals surface area contributed by atoms with Crippen LogP contribution in [-0.2, 0) is 16.0 Å². The van der Waals surface area contributed by atoms with Gasteiger partial charge < -0.3 is 29.9 Å². The van der Waals surface area contributed by atoms with Crippen molar-refractivity contribution in [2.75, 3.05) is 0 Å². The van der Waals surface area contributed by atoms with E-state index in [1.807, 2.05) is 0 Å². The van der Waals surface area contributed by atoms with Crippen molar-refractivity contribution in [1.29, 1.82) is 0 Å². The van der Waals surface area contributed by atoms with Gasteiger partial charge in [0.1, 0.15) is 6.10 Å². The first kappa shape index (κ1) is 29.5.